The van der Waals surface area contributed by atoms with Crippen LogP contribution in [0, 0.1) is 6.92 Å². The zero-order valence-corrected chi connectivity index (χ0v) is 13.5. The largest absolute Gasteiger partial charge is 0.411 e. The standard InChI is InChI=1S/C17H14BrN3O/c1-12-2-8-16(9-3-12)21-11-14(10-19-22)17(20-21)13-4-6-15(18)7-5-13/h2-11,22H,1H3/b19-10+. The van der Waals surface area contributed by atoms with Gasteiger partial charge in [-0.05, 0) is 31.2 Å². The van der Waals surface area contributed by atoms with Crippen molar-refractivity contribution in [3.8, 4) is 16.9 Å². The molecule has 22 heavy (non-hydrogen) atoms. The predicted octanol–water partition coefficient (Wildman–Crippen LogP) is 4.42. The van der Waals surface area contributed by atoms with Crippen LogP contribution in [0.15, 0.2) is 64.4 Å². The molecule has 0 amide bonds. The molecule has 0 atom stereocenters. The quantitative estimate of drug-likeness (QED) is 0.429. The van der Waals surface area contributed by atoms with E-state index in [0.29, 0.717) is 0 Å². The van der Waals surface area contributed by atoms with E-state index in [1.54, 1.807) is 4.68 Å². The van der Waals surface area contributed by atoms with Crippen LogP contribution in [-0.4, -0.2) is 21.2 Å². The molecule has 0 saturated heterocycles. The Morgan fingerprint density at radius 1 is 1.09 bits per heavy atom. The first-order valence-electron chi connectivity index (χ1n) is 6.77. The lowest BCUT2D eigenvalue weighted by Gasteiger charge is -2.01. The summed E-state index contributed by atoms with van der Waals surface area (Å²) >= 11 is 3.42. The first-order chi connectivity index (χ1) is 10.7. The van der Waals surface area contributed by atoms with Gasteiger partial charge >= 0.3 is 0 Å². The SMILES string of the molecule is Cc1ccc(-n2cc(/C=N/O)c(-c3ccc(Br)cc3)n2)cc1. The summed E-state index contributed by atoms with van der Waals surface area (Å²) in [4.78, 5) is 0. The van der Waals surface area contributed by atoms with Gasteiger partial charge in [0.25, 0.3) is 0 Å². The molecule has 5 heteroatoms. The normalized spacial score (nSPS) is 11.2. The van der Waals surface area contributed by atoms with E-state index in [4.69, 9.17) is 5.21 Å². The lowest BCUT2D eigenvalue weighted by atomic mass is 10.1. The van der Waals surface area contributed by atoms with E-state index in [0.717, 1.165) is 27.0 Å². The Labute approximate surface area is 136 Å². The third-order valence-electron chi connectivity index (χ3n) is 3.36. The monoisotopic (exact) mass is 355 g/mol. The number of aromatic nitrogens is 2. The number of oxime groups is 1. The highest BCUT2D eigenvalue weighted by Gasteiger charge is 2.11. The highest BCUT2D eigenvalue weighted by atomic mass is 79.9. The second-order valence-electron chi connectivity index (χ2n) is 4.96. The van der Waals surface area contributed by atoms with Crippen molar-refractivity contribution in [3.63, 3.8) is 0 Å². The molecule has 1 heterocycles. The topological polar surface area (TPSA) is 50.4 Å². The minimum absolute atomic E-state index is 0.755. The predicted molar refractivity (Wildman–Crippen MR) is 90.8 cm³/mol. The van der Waals surface area contributed by atoms with Gasteiger partial charge < -0.3 is 5.21 Å². The van der Waals surface area contributed by atoms with E-state index in [1.165, 1.54) is 11.8 Å². The maximum atomic E-state index is 8.88. The minimum Gasteiger partial charge on any atom is -0.411 e. The van der Waals surface area contributed by atoms with Crippen LogP contribution in [0.3, 0.4) is 0 Å². The number of hydrogen-bond acceptors (Lipinski definition) is 3. The summed E-state index contributed by atoms with van der Waals surface area (Å²) in [6.07, 6.45) is 3.25. The molecular weight excluding hydrogens is 342 g/mol. The molecule has 0 fully saturated rings. The summed E-state index contributed by atoms with van der Waals surface area (Å²) in [5, 5.41) is 16.6. The minimum atomic E-state index is 0.755. The first-order valence-corrected chi connectivity index (χ1v) is 7.57. The maximum absolute atomic E-state index is 8.88. The van der Waals surface area contributed by atoms with Gasteiger partial charge in [-0.3, -0.25) is 0 Å². The fraction of sp³-hybridized carbons (Fsp3) is 0.0588. The third kappa shape index (κ3) is 2.94. The van der Waals surface area contributed by atoms with Gasteiger partial charge in [-0.15, -0.1) is 0 Å². The van der Waals surface area contributed by atoms with Crippen molar-refractivity contribution in [1.82, 2.24) is 9.78 Å². The number of halogens is 1. The molecule has 3 aromatic rings. The average molecular weight is 356 g/mol. The van der Waals surface area contributed by atoms with Crippen molar-refractivity contribution >= 4 is 22.1 Å². The zero-order chi connectivity index (χ0) is 15.5. The summed E-state index contributed by atoms with van der Waals surface area (Å²) in [5.41, 5.74) is 4.64. The Bertz CT molecular complexity index is 805. The molecule has 0 unspecified atom stereocenters. The van der Waals surface area contributed by atoms with Gasteiger partial charge in [0.1, 0.15) is 5.69 Å². The molecule has 0 spiro atoms. The number of nitrogens with zero attached hydrogens (tertiary/aromatic N) is 3. The molecule has 110 valence electrons. The molecule has 0 radical (unpaired) electrons. The van der Waals surface area contributed by atoms with Crippen LogP contribution in [-0.2, 0) is 0 Å². The molecule has 2 aromatic carbocycles. The van der Waals surface area contributed by atoms with E-state index >= 15 is 0 Å². The molecular formula is C17H14BrN3O. The fourth-order valence-corrected chi connectivity index (χ4v) is 2.47. The van der Waals surface area contributed by atoms with Crippen LogP contribution in [0.4, 0.5) is 0 Å². The molecule has 0 aliphatic carbocycles. The molecule has 0 aliphatic rings. The van der Waals surface area contributed by atoms with Crippen molar-refractivity contribution in [2.75, 3.05) is 0 Å². The van der Waals surface area contributed by atoms with Gasteiger partial charge in [0.15, 0.2) is 0 Å². The van der Waals surface area contributed by atoms with Gasteiger partial charge in [0.2, 0.25) is 0 Å². The smallest absolute Gasteiger partial charge is 0.102 e. The van der Waals surface area contributed by atoms with E-state index in [-0.39, 0.29) is 0 Å². The molecule has 1 aromatic heterocycles. The average Bonchev–Trinajstić information content (AvgIpc) is 2.93. The van der Waals surface area contributed by atoms with Crippen LogP contribution in [0.1, 0.15) is 11.1 Å². The number of hydrogen-bond donors (Lipinski definition) is 1. The summed E-state index contributed by atoms with van der Waals surface area (Å²) in [5.74, 6) is 0. The van der Waals surface area contributed by atoms with Gasteiger partial charge in [-0.1, -0.05) is 50.9 Å². The summed E-state index contributed by atoms with van der Waals surface area (Å²) in [6.45, 7) is 2.05. The van der Waals surface area contributed by atoms with Crippen molar-refractivity contribution < 1.29 is 5.21 Å². The lowest BCUT2D eigenvalue weighted by molar-refractivity contribution is 0.322. The Morgan fingerprint density at radius 3 is 2.41 bits per heavy atom. The highest BCUT2D eigenvalue weighted by molar-refractivity contribution is 9.10. The van der Waals surface area contributed by atoms with Gasteiger partial charge in [-0.2, -0.15) is 5.10 Å². The van der Waals surface area contributed by atoms with Crippen molar-refractivity contribution in [1.29, 1.82) is 0 Å². The second-order valence-corrected chi connectivity index (χ2v) is 5.88. The number of rotatable bonds is 3. The maximum Gasteiger partial charge on any atom is 0.102 e. The second kappa shape index (κ2) is 6.15. The van der Waals surface area contributed by atoms with E-state index in [2.05, 4.69) is 26.2 Å². The Balaban J connectivity index is 2.09. The van der Waals surface area contributed by atoms with Crippen LogP contribution in [0.5, 0.6) is 0 Å². The van der Waals surface area contributed by atoms with Crippen LogP contribution < -0.4 is 0 Å². The molecule has 3 rings (SSSR count). The van der Waals surface area contributed by atoms with E-state index < -0.39 is 0 Å². The molecule has 1 N–H and O–H groups in total. The summed E-state index contributed by atoms with van der Waals surface area (Å²) in [6, 6.07) is 16.0. The van der Waals surface area contributed by atoms with Gasteiger partial charge in [0.05, 0.1) is 11.9 Å². The Morgan fingerprint density at radius 2 is 1.77 bits per heavy atom. The van der Waals surface area contributed by atoms with Crippen LogP contribution in [0.2, 0.25) is 0 Å². The number of aryl methyl sites for hydroxylation is 1. The van der Waals surface area contributed by atoms with Crippen LogP contribution >= 0.6 is 15.9 Å². The van der Waals surface area contributed by atoms with E-state index in [1.807, 2.05) is 61.7 Å². The molecule has 0 saturated carbocycles. The lowest BCUT2D eigenvalue weighted by Crippen LogP contribution is -1.94. The molecule has 0 bridgehead atoms. The number of benzene rings is 2. The molecule has 4 nitrogen and oxygen atoms in total. The van der Waals surface area contributed by atoms with E-state index in [9.17, 15) is 0 Å². The zero-order valence-electron chi connectivity index (χ0n) is 11.9. The van der Waals surface area contributed by atoms with Crippen LogP contribution in [0.25, 0.3) is 16.9 Å². The Hall–Kier alpha value is -2.40. The first kappa shape index (κ1) is 14.5. The summed E-state index contributed by atoms with van der Waals surface area (Å²) < 4.78 is 2.79. The molecule has 0 aliphatic heterocycles. The van der Waals surface area contributed by atoms with Gasteiger partial charge in [-0.25, -0.2) is 4.68 Å². The van der Waals surface area contributed by atoms with Crippen molar-refractivity contribution in [2.45, 2.75) is 6.92 Å². The van der Waals surface area contributed by atoms with Gasteiger partial charge in [0, 0.05) is 21.8 Å². The highest BCUT2D eigenvalue weighted by Crippen LogP contribution is 2.24. The Kier molecular flexibility index (Phi) is 4.06. The third-order valence-corrected chi connectivity index (χ3v) is 3.88. The van der Waals surface area contributed by atoms with Crippen molar-refractivity contribution in [3.05, 3.63) is 70.3 Å². The van der Waals surface area contributed by atoms with Crippen molar-refractivity contribution in [2.24, 2.45) is 5.16 Å². The summed E-state index contributed by atoms with van der Waals surface area (Å²) in [7, 11) is 0. The fourth-order valence-electron chi connectivity index (χ4n) is 2.21.